The maximum Gasteiger partial charge on any atom is 0.126 e. The molecule has 0 aliphatic rings. The van der Waals surface area contributed by atoms with Crippen molar-refractivity contribution in [1.82, 2.24) is 0 Å². The van der Waals surface area contributed by atoms with E-state index < -0.39 is 0 Å². The van der Waals surface area contributed by atoms with E-state index in [0.29, 0.717) is 12.4 Å². The van der Waals surface area contributed by atoms with Crippen molar-refractivity contribution in [3.63, 3.8) is 0 Å². The lowest BCUT2D eigenvalue weighted by Gasteiger charge is -2.05. The Morgan fingerprint density at radius 1 is 1.21 bits per heavy atom. The minimum Gasteiger partial charge on any atom is -0.493 e. The normalized spacial score (nSPS) is 10.1. The molecule has 1 rings (SSSR count). The molecular weight excluding hydrogens is 181 g/mol. The third kappa shape index (κ3) is 4.23. The van der Waals surface area contributed by atoms with Gasteiger partial charge in [-0.1, -0.05) is 6.07 Å². The zero-order valence-corrected chi connectivity index (χ0v) is 8.21. The van der Waals surface area contributed by atoms with Crippen LogP contribution in [0.25, 0.3) is 0 Å². The lowest BCUT2D eigenvalue weighted by Crippen LogP contribution is -2.01. The molecule has 0 saturated heterocycles. The van der Waals surface area contributed by atoms with Crippen LogP contribution >= 0.6 is 0 Å². The second-order valence-electron chi connectivity index (χ2n) is 3.16. The minimum absolute atomic E-state index is 0.260. The Morgan fingerprint density at radius 2 is 2.07 bits per heavy atom. The number of rotatable bonds is 6. The zero-order chi connectivity index (χ0) is 10.2. The van der Waals surface area contributed by atoms with Crippen LogP contribution in [0.5, 0.6) is 5.75 Å². The minimum atomic E-state index is -0.260. The summed E-state index contributed by atoms with van der Waals surface area (Å²) in [7, 11) is 0. The highest BCUT2D eigenvalue weighted by atomic mass is 19.1. The molecule has 0 aliphatic carbocycles. The maximum atomic E-state index is 12.7. The lowest BCUT2D eigenvalue weighted by molar-refractivity contribution is 0.304. The van der Waals surface area contributed by atoms with Crippen molar-refractivity contribution < 1.29 is 9.13 Å². The molecule has 2 nitrogen and oxygen atoms in total. The van der Waals surface area contributed by atoms with Gasteiger partial charge in [-0.25, -0.2) is 4.39 Å². The second kappa shape index (κ2) is 6.38. The van der Waals surface area contributed by atoms with Crippen LogP contribution in [0.15, 0.2) is 24.3 Å². The number of unbranched alkanes of at least 4 members (excludes halogenated alkanes) is 2. The second-order valence-corrected chi connectivity index (χ2v) is 3.16. The number of hydrogen-bond acceptors (Lipinski definition) is 2. The molecule has 0 aromatic heterocycles. The summed E-state index contributed by atoms with van der Waals surface area (Å²) in [5, 5.41) is 0. The molecule has 0 spiro atoms. The summed E-state index contributed by atoms with van der Waals surface area (Å²) in [6.45, 7) is 1.35. The quantitative estimate of drug-likeness (QED) is 0.710. The standard InChI is InChI=1S/C11H16FNO/c12-10-5-4-6-11(9-10)14-8-3-1-2-7-13/h4-6,9H,1-3,7-8,13H2. The fraction of sp³-hybridized carbons (Fsp3) is 0.455. The lowest BCUT2D eigenvalue weighted by atomic mass is 10.2. The van der Waals surface area contributed by atoms with Crippen LogP contribution in [0.4, 0.5) is 4.39 Å². The highest BCUT2D eigenvalue weighted by Gasteiger charge is 1.95. The molecule has 0 aliphatic heterocycles. The predicted octanol–water partition coefficient (Wildman–Crippen LogP) is 2.33. The van der Waals surface area contributed by atoms with Gasteiger partial charge in [0.15, 0.2) is 0 Å². The van der Waals surface area contributed by atoms with Gasteiger partial charge in [-0.15, -0.1) is 0 Å². The van der Waals surface area contributed by atoms with E-state index in [1.807, 2.05) is 0 Å². The van der Waals surface area contributed by atoms with Gasteiger partial charge in [-0.2, -0.15) is 0 Å². The number of nitrogens with two attached hydrogens (primary N) is 1. The van der Waals surface area contributed by atoms with Crippen LogP contribution in [0, 0.1) is 5.82 Å². The summed E-state index contributed by atoms with van der Waals surface area (Å²) in [5.41, 5.74) is 5.35. The third-order valence-electron chi connectivity index (χ3n) is 1.91. The van der Waals surface area contributed by atoms with Crippen LogP contribution in [-0.2, 0) is 0 Å². The molecule has 1 aromatic rings. The van der Waals surface area contributed by atoms with Crippen molar-refractivity contribution in [1.29, 1.82) is 0 Å². The first-order valence-electron chi connectivity index (χ1n) is 4.91. The molecule has 1 aromatic carbocycles. The molecular formula is C11H16FNO. The SMILES string of the molecule is NCCCCCOc1cccc(F)c1. The van der Waals surface area contributed by atoms with Crippen molar-refractivity contribution in [3.05, 3.63) is 30.1 Å². The van der Waals surface area contributed by atoms with Crippen LogP contribution in [0.3, 0.4) is 0 Å². The first kappa shape index (κ1) is 11.0. The van der Waals surface area contributed by atoms with Crippen molar-refractivity contribution in [3.8, 4) is 5.75 Å². The summed E-state index contributed by atoms with van der Waals surface area (Å²) in [5.74, 6) is 0.335. The number of benzene rings is 1. The first-order chi connectivity index (χ1) is 6.83. The molecule has 0 unspecified atom stereocenters. The first-order valence-corrected chi connectivity index (χ1v) is 4.91. The predicted molar refractivity (Wildman–Crippen MR) is 54.8 cm³/mol. The van der Waals surface area contributed by atoms with E-state index in [-0.39, 0.29) is 5.82 Å². The molecule has 3 heteroatoms. The third-order valence-corrected chi connectivity index (χ3v) is 1.91. The van der Waals surface area contributed by atoms with Gasteiger partial charge in [-0.05, 0) is 37.9 Å². The Bertz CT molecular complexity index is 265. The average Bonchev–Trinajstić information content (AvgIpc) is 2.18. The van der Waals surface area contributed by atoms with Gasteiger partial charge < -0.3 is 10.5 Å². The molecule has 0 saturated carbocycles. The largest absolute Gasteiger partial charge is 0.493 e. The monoisotopic (exact) mass is 197 g/mol. The van der Waals surface area contributed by atoms with Gasteiger partial charge in [0.2, 0.25) is 0 Å². The van der Waals surface area contributed by atoms with E-state index >= 15 is 0 Å². The van der Waals surface area contributed by atoms with Crippen LogP contribution in [-0.4, -0.2) is 13.2 Å². The van der Waals surface area contributed by atoms with Crippen molar-refractivity contribution in [2.45, 2.75) is 19.3 Å². The fourth-order valence-electron chi connectivity index (χ4n) is 1.17. The maximum absolute atomic E-state index is 12.7. The Labute approximate surface area is 83.9 Å². The molecule has 78 valence electrons. The van der Waals surface area contributed by atoms with E-state index in [4.69, 9.17) is 10.5 Å². The average molecular weight is 197 g/mol. The molecule has 0 heterocycles. The smallest absolute Gasteiger partial charge is 0.126 e. The van der Waals surface area contributed by atoms with Gasteiger partial charge in [0.1, 0.15) is 11.6 Å². The Morgan fingerprint density at radius 3 is 2.79 bits per heavy atom. The number of ether oxygens (including phenoxy) is 1. The highest BCUT2D eigenvalue weighted by molar-refractivity contribution is 5.22. The van der Waals surface area contributed by atoms with Gasteiger partial charge in [0.25, 0.3) is 0 Å². The fourth-order valence-corrected chi connectivity index (χ4v) is 1.17. The van der Waals surface area contributed by atoms with Gasteiger partial charge in [0.05, 0.1) is 6.61 Å². The Balaban J connectivity index is 2.18. The highest BCUT2D eigenvalue weighted by Crippen LogP contribution is 2.12. The number of halogens is 1. The van der Waals surface area contributed by atoms with Gasteiger partial charge in [-0.3, -0.25) is 0 Å². The van der Waals surface area contributed by atoms with E-state index in [0.717, 1.165) is 25.8 Å². The van der Waals surface area contributed by atoms with Crippen LogP contribution < -0.4 is 10.5 Å². The molecule has 0 fully saturated rings. The molecule has 0 atom stereocenters. The van der Waals surface area contributed by atoms with Gasteiger partial charge >= 0.3 is 0 Å². The Kier molecular flexibility index (Phi) is 5.00. The molecule has 2 N–H and O–H groups in total. The van der Waals surface area contributed by atoms with E-state index in [1.54, 1.807) is 12.1 Å². The van der Waals surface area contributed by atoms with E-state index in [9.17, 15) is 4.39 Å². The van der Waals surface area contributed by atoms with Crippen LogP contribution in [0.1, 0.15) is 19.3 Å². The number of hydrogen-bond donors (Lipinski definition) is 1. The molecule has 0 bridgehead atoms. The molecule has 0 radical (unpaired) electrons. The van der Waals surface area contributed by atoms with Crippen molar-refractivity contribution in [2.24, 2.45) is 5.73 Å². The van der Waals surface area contributed by atoms with Crippen LogP contribution in [0.2, 0.25) is 0 Å². The zero-order valence-electron chi connectivity index (χ0n) is 8.21. The summed E-state index contributed by atoms with van der Waals surface area (Å²) >= 11 is 0. The van der Waals surface area contributed by atoms with Crippen molar-refractivity contribution >= 4 is 0 Å². The summed E-state index contributed by atoms with van der Waals surface area (Å²) < 4.78 is 18.1. The summed E-state index contributed by atoms with van der Waals surface area (Å²) in [6.07, 6.45) is 3.05. The molecule has 0 amide bonds. The summed E-state index contributed by atoms with van der Waals surface area (Å²) in [4.78, 5) is 0. The van der Waals surface area contributed by atoms with Crippen molar-refractivity contribution in [2.75, 3.05) is 13.2 Å². The van der Waals surface area contributed by atoms with Gasteiger partial charge in [0, 0.05) is 6.07 Å². The topological polar surface area (TPSA) is 35.2 Å². The summed E-state index contributed by atoms with van der Waals surface area (Å²) in [6, 6.07) is 6.20. The molecule has 14 heavy (non-hydrogen) atoms. The van der Waals surface area contributed by atoms with E-state index in [2.05, 4.69) is 0 Å². The Hall–Kier alpha value is -1.09. The van der Waals surface area contributed by atoms with E-state index in [1.165, 1.54) is 12.1 Å².